The van der Waals surface area contributed by atoms with Crippen molar-refractivity contribution in [3.05, 3.63) is 36.9 Å². The average Bonchev–Trinajstić information content (AvgIpc) is 2.59. The molecule has 0 atom stereocenters. The molecule has 21 heavy (non-hydrogen) atoms. The third-order valence-corrected chi connectivity index (χ3v) is 4.28. The molecular formula is C17H25BO3. The zero-order chi connectivity index (χ0) is 15.9. The minimum absolute atomic E-state index is 0.322. The molecular weight excluding hydrogens is 263 g/mol. The van der Waals surface area contributed by atoms with E-state index in [9.17, 15) is 0 Å². The fraction of sp³-hybridized carbons (Fsp3) is 0.529. The summed E-state index contributed by atoms with van der Waals surface area (Å²) in [5.41, 5.74) is -0.0290. The molecule has 3 nitrogen and oxygen atoms in total. The van der Waals surface area contributed by atoms with Gasteiger partial charge in [-0.3, -0.25) is 0 Å². The molecule has 4 heteroatoms. The highest BCUT2D eigenvalue weighted by molar-refractivity contribution is 6.62. The summed E-state index contributed by atoms with van der Waals surface area (Å²) in [6.07, 6.45) is 1.79. The summed E-state index contributed by atoms with van der Waals surface area (Å²) in [5, 5.41) is 0. The summed E-state index contributed by atoms with van der Waals surface area (Å²) in [4.78, 5) is 0. The minimum Gasteiger partial charge on any atom is -0.484 e. The molecule has 0 spiro atoms. The Kier molecular flexibility index (Phi) is 3.98. The van der Waals surface area contributed by atoms with Gasteiger partial charge < -0.3 is 14.0 Å². The fourth-order valence-corrected chi connectivity index (χ4v) is 2.02. The van der Waals surface area contributed by atoms with Gasteiger partial charge in [0.25, 0.3) is 0 Å². The molecule has 0 aliphatic carbocycles. The van der Waals surface area contributed by atoms with Crippen LogP contribution < -0.4 is 10.2 Å². The summed E-state index contributed by atoms with van der Waals surface area (Å²) in [7, 11) is -0.337. The second kappa shape index (κ2) is 5.18. The number of benzene rings is 1. The number of ether oxygens (including phenoxy) is 1. The standard InChI is InChI=1S/C17H25BO3/c1-8-15(2,3)19-14-11-9-13(10-12-14)18-20-16(4,5)17(6,7)21-18/h8-12H,1H2,2-7H3. The Morgan fingerprint density at radius 2 is 1.52 bits per heavy atom. The van der Waals surface area contributed by atoms with E-state index in [0.717, 1.165) is 11.2 Å². The van der Waals surface area contributed by atoms with Gasteiger partial charge in [0.15, 0.2) is 0 Å². The van der Waals surface area contributed by atoms with Crippen LogP contribution >= 0.6 is 0 Å². The maximum absolute atomic E-state index is 6.03. The van der Waals surface area contributed by atoms with Crippen molar-refractivity contribution in [3.8, 4) is 5.75 Å². The van der Waals surface area contributed by atoms with E-state index in [4.69, 9.17) is 14.0 Å². The third-order valence-electron chi connectivity index (χ3n) is 4.28. The SMILES string of the molecule is C=CC(C)(C)Oc1ccc(B2OC(C)(C)C(C)(C)O2)cc1. The number of rotatable bonds is 4. The van der Waals surface area contributed by atoms with E-state index in [1.807, 2.05) is 38.1 Å². The Balaban J connectivity index is 2.12. The van der Waals surface area contributed by atoms with Crippen molar-refractivity contribution in [2.45, 2.75) is 58.3 Å². The Morgan fingerprint density at radius 1 is 1.05 bits per heavy atom. The van der Waals surface area contributed by atoms with Gasteiger partial charge in [-0.1, -0.05) is 18.7 Å². The van der Waals surface area contributed by atoms with Gasteiger partial charge in [0.1, 0.15) is 11.4 Å². The summed E-state index contributed by atoms with van der Waals surface area (Å²) in [6.45, 7) is 15.9. The van der Waals surface area contributed by atoms with Gasteiger partial charge in [-0.2, -0.15) is 0 Å². The van der Waals surface area contributed by atoms with Gasteiger partial charge in [-0.25, -0.2) is 0 Å². The van der Waals surface area contributed by atoms with Crippen LogP contribution in [0.25, 0.3) is 0 Å². The highest BCUT2D eigenvalue weighted by atomic mass is 16.7. The van der Waals surface area contributed by atoms with Crippen molar-refractivity contribution in [3.63, 3.8) is 0 Å². The van der Waals surface area contributed by atoms with Gasteiger partial charge in [-0.05, 0) is 65.2 Å². The maximum atomic E-state index is 6.03. The lowest BCUT2D eigenvalue weighted by Crippen LogP contribution is -2.41. The van der Waals surface area contributed by atoms with Crippen LogP contribution in [0.1, 0.15) is 41.5 Å². The zero-order valence-electron chi connectivity index (χ0n) is 13.9. The van der Waals surface area contributed by atoms with Gasteiger partial charge in [-0.15, -0.1) is 0 Å². The predicted octanol–water partition coefficient (Wildman–Crippen LogP) is 3.33. The van der Waals surface area contributed by atoms with Crippen LogP contribution in [0.15, 0.2) is 36.9 Å². The normalized spacial score (nSPS) is 20.4. The van der Waals surface area contributed by atoms with Gasteiger partial charge >= 0.3 is 7.12 Å². The van der Waals surface area contributed by atoms with E-state index in [-0.39, 0.29) is 23.9 Å². The molecule has 2 rings (SSSR count). The van der Waals surface area contributed by atoms with Crippen LogP contribution in [0.4, 0.5) is 0 Å². The summed E-state index contributed by atoms with van der Waals surface area (Å²) in [6, 6.07) is 7.84. The Hall–Kier alpha value is -1.26. The zero-order valence-corrected chi connectivity index (χ0v) is 13.9. The van der Waals surface area contributed by atoms with Crippen LogP contribution in [0.2, 0.25) is 0 Å². The molecule has 114 valence electrons. The van der Waals surface area contributed by atoms with Crippen molar-refractivity contribution in [2.24, 2.45) is 0 Å². The van der Waals surface area contributed by atoms with E-state index >= 15 is 0 Å². The van der Waals surface area contributed by atoms with E-state index in [1.165, 1.54) is 0 Å². The van der Waals surface area contributed by atoms with Crippen LogP contribution in [-0.2, 0) is 9.31 Å². The molecule has 1 saturated heterocycles. The Bertz CT molecular complexity index is 501. The molecule has 0 radical (unpaired) electrons. The number of hydrogen-bond donors (Lipinski definition) is 0. The van der Waals surface area contributed by atoms with E-state index in [2.05, 4.69) is 34.3 Å². The molecule has 1 aliphatic heterocycles. The van der Waals surface area contributed by atoms with Crippen molar-refractivity contribution in [2.75, 3.05) is 0 Å². The van der Waals surface area contributed by atoms with Crippen LogP contribution in [0, 0.1) is 0 Å². The van der Waals surface area contributed by atoms with Gasteiger partial charge in [0.2, 0.25) is 0 Å². The summed E-state index contributed by atoms with van der Waals surface area (Å²) in [5.74, 6) is 0.806. The van der Waals surface area contributed by atoms with E-state index in [1.54, 1.807) is 6.08 Å². The van der Waals surface area contributed by atoms with Gasteiger partial charge in [0.05, 0.1) is 11.2 Å². The Morgan fingerprint density at radius 3 is 1.95 bits per heavy atom. The molecule has 0 unspecified atom stereocenters. The van der Waals surface area contributed by atoms with Gasteiger partial charge in [0, 0.05) is 0 Å². The first-order valence-electron chi connectivity index (χ1n) is 7.34. The lowest BCUT2D eigenvalue weighted by atomic mass is 9.79. The highest BCUT2D eigenvalue weighted by Crippen LogP contribution is 2.36. The van der Waals surface area contributed by atoms with Crippen LogP contribution in [-0.4, -0.2) is 23.9 Å². The van der Waals surface area contributed by atoms with E-state index < -0.39 is 0 Å². The lowest BCUT2D eigenvalue weighted by molar-refractivity contribution is 0.00578. The predicted molar refractivity (Wildman–Crippen MR) is 87.1 cm³/mol. The average molecular weight is 288 g/mol. The fourth-order valence-electron chi connectivity index (χ4n) is 2.02. The Labute approximate surface area is 128 Å². The monoisotopic (exact) mass is 288 g/mol. The van der Waals surface area contributed by atoms with Crippen molar-refractivity contribution in [1.29, 1.82) is 0 Å². The molecule has 1 aromatic rings. The van der Waals surface area contributed by atoms with Crippen molar-refractivity contribution < 1.29 is 14.0 Å². The molecule has 1 aliphatic rings. The molecule has 1 aromatic carbocycles. The first-order valence-corrected chi connectivity index (χ1v) is 7.34. The lowest BCUT2D eigenvalue weighted by Gasteiger charge is -2.32. The molecule has 0 N–H and O–H groups in total. The maximum Gasteiger partial charge on any atom is 0.494 e. The smallest absolute Gasteiger partial charge is 0.484 e. The molecule has 1 fully saturated rings. The summed E-state index contributed by atoms with van der Waals surface area (Å²) < 4.78 is 17.9. The second-order valence-electron chi connectivity index (χ2n) is 7.07. The largest absolute Gasteiger partial charge is 0.494 e. The van der Waals surface area contributed by atoms with E-state index in [0.29, 0.717) is 0 Å². The number of hydrogen-bond acceptors (Lipinski definition) is 3. The summed E-state index contributed by atoms with van der Waals surface area (Å²) >= 11 is 0. The molecule has 0 saturated carbocycles. The minimum atomic E-state index is -0.383. The molecule has 0 bridgehead atoms. The van der Waals surface area contributed by atoms with Crippen LogP contribution in [0.3, 0.4) is 0 Å². The van der Waals surface area contributed by atoms with Crippen LogP contribution in [0.5, 0.6) is 5.75 Å². The van der Waals surface area contributed by atoms with Crippen molar-refractivity contribution >= 4 is 12.6 Å². The first-order chi connectivity index (χ1) is 9.56. The molecule has 0 aromatic heterocycles. The highest BCUT2D eigenvalue weighted by Gasteiger charge is 2.51. The quantitative estimate of drug-likeness (QED) is 0.628. The van der Waals surface area contributed by atoms with Crippen molar-refractivity contribution in [1.82, 2.24) is 0 Å². The topological polar surface area (TPSA) is 27.7 Å². The third kappa shape index (κ3) is 3.33. The second-order valence-corrected chi connectivity index (χ2v) is 7.07. The molecule has 0 amide bonds. The first kappa shape index (κ1) is 16.1. The molecule has 1 heterocycles.